The second-order valence-corrected chi connectivity index (χ2v) is 5.76. The van der Waals surface area contributed by atoms with Gasteiger partial charge in [0.2, 0.25) is 0 Å². The van der Waals surface area contributed by atoms with Gasteiger partial charge in [-0.05, 0) is 25.1 Å². The molecule has 2 heterocycles. The smallest absolute Gasteiger partial charge is 0.335 e. The number of aromatic nitrogens is 2. The van der Waals surface area contributed by atoms with Gasteiger partial charge in [0, 0.05) is 12.4 Å². The Labute approximate surface area is 124 Å². The van der Waals surface area contributed by atoms with Gasteiger partial charge in [0.15, 0.2) is 5.58 Å². The SMILES string of the molecule is Cc1nc(CN(C)c2nc3ccc(C(=O)O)cc3o2)cs1. The van der Waals surface area contributed by atoms with Crippen LogP contribution < -0.4 is 4.90 Å². The van der Waals surface area contributed by atoms with Gasteiger partial charge < -0.3 is 14.4 Å². The second-order valence-electron chi connectivity index (χ2n) is 4.70. The van der Waals surface area contributed by atoms with E-state index in [0.717, 1.165) is 10.7 Å². The Morgan fingerprint density at radius 1 is 1.43 bits per heavy atom. The molecule has 1 aromatic carbocycles. The Hall–Kier alpha value is -2.41. The molecule has 0 fully saturated rings. The van der Waals surface area contributed by atoms with E-state index in [9.17, 15) is 4.79 Å². The molecule has 108 valence electrons. The maximum Gasteiger partial charge on any atom is 0.335 e. The molecule has 3 aromatic rings. The number of aromatic carboxylic acids is 1. The minimum absolute atomic E-state index is 0.183. The van der Waals surface area contributed by atoms with Gasteiger partial charge in [0.1, 0.15) is 5.52 Å². The zero-order valence-electron chi connectivity index (χ0n) is 11.5. The Bertz CT molecular complexity index is 809. The Morgan fingerprint density at radius 3 is 2.90 bits per heavy atom. The molecule has 3 rings (SSSR count). The fourth-order valence-electron chi connectivity index (χ4n) is 2.00. The summed E-state index contributed by atoms with van der Waals surface area (Å²) >= 11 is 1.60. The number of carboxylic acids is 1. The predicted octanol–water partition coefficient (Wildman–Crippen LogP) is 2.93. The van der Waals surface area contributed by atoms with Crippen molar-refractivity contribution in [2.75, 3.05) is 11.9 Å². The van der Waals surface area contributed by atoms with E-state index >= 15 is 0 Å². The number of hydrogen-bond acceptors (Lipinski definition) is 6. The number of thiazole rings is 1. The van der Waals surface area contributed by atoms with Crippen LogP contribution >= 0.6 is 11.3 Å². The van der Waals surface area contributed by atoms with E-state index < -0.39 is 5.97 Å². The molecule has 0 unspecified atom stereocenters. The minimum Gasteiger partial charge on any atom is -0.478 e. The number of carboxylic acid groups (broad SMARTS) is 1. The number of rotatable bonds is 4. The third kappa shape index (κ3) is 2.73. The van der Waals surface area contributed by atoms with E-state index in [1.54, 1.807) is 17.4 Å². The molecular weight excluding hydrogens is 290 g/mol. The van der Waals surface area contributed by atoms with Gasteiger partial charge >= 0.3 is 5.97 Å². The normalized spacial score (nSPS) is 11.0. The number of benzene rings is 1. The lowest BCUT2D eigenvalue weighted by atomic mass is 10.2. The number of fused-ring (bicyclic) bond motifs is 1. The van der Waals surface area contributed by atoms with Crippen molar-refractivity contribution in [3.05, 3.63) is 39.8 Å². The minimum atomic E-state index is -0.985. The quantitative estimate of drug-likeness (QED) is 0.798. The molecule has 1 N–H and O–H groups in total. The average Bonchev–Trinajstić information content (AvgIpc) is 3.03. The van der Waals surface area contributed by atoms with E-state index in [2.05, 4.69) is 9.97 Å². The first-order valence-electron chi connectivity index (χ1n) is 6.29. The van der Waals surface area contributed by atoms with Gasteiger partial charge in [-0.1, -0.05) is 0 Å². The summed E-state index contributed by atoms with van der Waals surface area (Å²) in [5.41, 5.74) is 2.24. The summed E-state index contributed by atoms with van der Waals surface area (Å²) < 4.78 is 5.63. The largest absolute Gasteiger partial charge is 0.478 e. The van der Waals surface area contributed by atoms with Crippen LogP contribution in [0.15, 0.2) is 28.0 Å². The first-order chi connectivity index (χ1) is 10.0. The number of oxazole rings is 1. The lowest BCUT2D eigenvalue weighted by Gasteiger charge is -2.11. The van der Waals surface area contributed by atoms with E-state index in [-0.39, 0.29) is 5.56 Å². The summed E-state index contributed by atoms with van der Waals surface area (Å²) in [6.07, 6.45) is 0. The summed E-state index contributed by atoms with van der Waals surface area (Å²) in [5, 5.41) is 12.0. The number of aryl methyl sites for hydroxylation is 1. The Morgan fingerprint density at radius 2 is 2.24 bits per heavy atom. The average molecular weight is 303 g/mol. The summed E-state index contributed by atoms with van der Waals surface area (Å²) in [5.74, 6) is -0.985. The second kappa shape index (κ2) is 5.17. The van der Waals surface area contributed by atoms with Crippen LogP contribution in [0, 0.1) is 6.92 Å². The summed E-state index contributed by atoms with van der Waals surface area (Å²) in [6.45, 7) is 2.55. The fraction of sp³-hybridized carbons (Fsp3) is 0.214. The van der Waals surface area contributed by atoms with Crippen molar-refractivity contribution in [3.63, 3.8) is 0 Å². The highest BCUT2D eigenvalue weighted by atomic mass is 32.1. The molecular formula is C14H13N3O3S. The molecule has 2 aromatic heterocycles. The number of carbonyl (C=O) groups is 1. The molecule has 0 spiro atoms. The monoisotopic (exact) mass is 303 g/mol. The maximum atomic E-state index is 10.9. The number of hydrogen-bond donors (Lipinski definition) is 1. The van der Waals surface area contributed by atoms with E-state index in [1.165, 1.54) is 12.1 Å². The lowest BCUT2D eigenvalue weighted by Crippen LogP contribution is -2.16. The van der Waals surface area contributed by atoms with Crippen LogP contribution in [0.25, 0.3) is 11.1 Å². The van der Waals surface area contributed by atoms with Crippen LogP contribution in [0.1, 0.15) is 21.1 Å². The Balaban J connectivity index is 1.87. The highest BCUT2D eigenvalue weighted by molar-refractivity contribution is 7.09. The molecule has 0 saturated carbocycles. The summed E-state index contributed by atoms with van der Waals surface area (Å²) in [7, 11) is 1.86. The molecule has 7 heteroatoms. The van der Waals surface area contributed by atoms with Crippen LogP contribution in [0.4, 0.5) is 6.01 Å². The van der Waals surface area contributed by atoms with Gasteiger partial charge in [-0.25, -0.2) is 9.78 Å². The van der Waals surface area contributed by atoms with Gasteiger partial charge in [0.25, 0.3) is 6.01 Å². The first kappa shape index (κ1) is 13.6. The summed E-state index contributed by atoms with van der Waals surface area (Å²) in [6, 6.07) is 5.08. The number of anilines is 1. The summed E-state index contributed by atoms with van der Waals surface area (Å²) in [4.78, 5) is 21.5. The van der Waals surface area contributed by atoms with Crippen molar-refractivity contribution in [2.45, 2.75) is 13.5 Å². The molecule has 0 aliphatic carbocycles. The highest BCUT2D eigenvalue weighted by Crippen LogP contribution is 2.23. The zero-order valence-corrected chi connectivity index (χ0v) is 12.3. The van der Waals surface area contributed by atoms with Crippen molar-refractivity contribution in [3.8, 4) is 0 Å². The third-order valence-corrected chi connectivity index (χ3v) is 3.84. The van der Waals surface area contributed by atoms with Gasteiger partial charge in [-0.15, -0.1) is 11.3 Å². The van der Waals surface area contributed by atoms with Crippen molar-refractivity contribution in [2.24, 2.45) is 0 Å². The number of nitrogens with zero attached hydrogens (tertiary/aromatic N) is 3. The molecule has 21 heavy (non-hydrogen) atoms. The molecule has 0 saturated heterocycles. The van der Waals surface area contributed by atoms with Crippen molar-refractivity contribution < 1.29 is 14.3 Å². The zero-order chi connectivity index (χ0) is 15.0. The molecule has 6 nitrogen and oxygen atoms in total. The van der Waals surface area contributed by atoms with Crippen molar-refractivity contribution in [1.82, 2.24) is 9.97 Å². The topological polar surface area (TPSA) is 79.5 Å². The van der Waals surface area contributed by atoms with Crippen LogP contribution in [-0.2, 0) is 6.54 Å². The third-order valence-electron chi connectivity index (χ3n) is 3.02. The molecule has 0 bridgehead atoms. The van der Waals surface area contributed by atoms with Crippen LogP contribution in [0.3, 0.4) is 0 Å². The van der Waals surface area contributed by atoms with Crippen LogP contribution in [0.2, 0.25) is 0 Å². The molecule has 0 aliphatic rings. The molecule has 0 amide bonds. The van der Waals surface area contributed by atoms with Gasteiger partial charge in [0.05, 0.1) is 22.8 Å². The van der Waals surface area contributed by atoms with E-state index in [1.807, 2.05) is 24.3 Å². The molecule has 0 atom stereocenters. The van der Waals surface area contributed by atoms with Crippen LogP contribution in [0.5, 0.6) is 0 Å². The Kier molecular flexibility index (Phi) is 3.34. The molecule has 0 aliphatic heterocycles. The first-order valence-corrected chi connectivity index (χ1v) is 7.17. The lowest BCUT2D eigenvalue weighted by molar-refractivity contribution is 0.0697. The molecule has 0 radical (unpaired) electrons. The van der Waals surface area contributed by atoms with Gasteiger partial charge in [-0.3, -0.25) is 0 Å². The maximum absolute atomic E-state index is 10.9. The van der Waals surface area contributed by atoms with Gasteiger partial charge in [-0.2, -0.15) is 4.98 Å². The highest BCUT2D eigenvalue weighted by Gasteiger charge is 2.13. The van der Waals surface area contributed by atoms with E-state index in [0.29, 0.717) is 23.7 Å². The van der Waals surface area contributed by atoms with Crippen LogP contribution in [-0.4, -0.2) is 28.1 Å². The standard InChI is InChI=1S/C14H13N3O3S/c1-8-15-10(7-21-8)6-17(2)14-16-11-4-3-9(13(18)19)5-12(11)20-14/h3-5,7H,6H2,1-2H3,(H,18,19). The predicted molar refractivity (Wildman–Crippen MR) is 79.9 cm³/mol. The fourth-order valence-corrected chi connectivity index (χ4v) is 2.60. The van der Waals surface area contributed by atoms with Crippen molar-refractivity contribution in [1.29, 1.82) is 0 Å². The van der Waals surface area contributed by atoms with Crippen molar-refractivity contribution >= 4 is 34.4 Å². The van der Waals surface area contributed by atoms with E-state index in [4.69, 9.17) is 9.52 Å².